The molecule has 0 radical (unpaired) electrons. The molecule has 1 unspecified atom stereocenters. The van der Waals surface area contributed by atoms with Gasteiger partial charge in [-0.3, -0.25) is 0 Å². The number of cyclic esters (lactones) is 1. The van der Waals surface area contributed by atoms with Crippen molar-refractivity contribution in [2.24, 2.45) is 0 Å². The first-order chi connectivity index (χ1) is 17.0. The molecule has 0 bridgehead atoms. The van der Waals surface area contributed by atoms with Gasteiger partial charge in [-0.2, -0.15) is 0 Å². The normalized spacial score (nSPS) is 18.4. The fourth-order valence-electron chi connectivity index (χ4n) is 4.29. The van der Waals surface area contributed by atoms with E-state index < -0.39 is 11.8 Å². The first kappa shape index (κ1) is 22.6. The van der Waals surface area contributed by atoms with Gasteiger partial charge in [0.2, 0.25) is 6.79 Å². The van der Waals surface area contributed by atoms with E-state index in [0.717, 1.165) is 5.56 Å². The molecule has 2 aliphatic rings. The zero-order valence-corrected chi connectivity index (χ0v) is 19.2. The average molecular weight is 472 g/mol. The Morgan fingerprint density at radius 2 is 1.86 bits per heavy atom. The zero-order valence-electron chi connectivity index (χ0n) is 19.2. The van der Waals surface area contributed by atoms with Gasteiger partial charge in [-0.05, 0) is 35.4 Å². The zero-order chi connectivity index (χ0) is 24.4. The van der Waals surface area contributed by atoms with Crippen LogP contribution < -0.4 is 18.9 Å². The van der Waals surface area contributed by atoms with E-state index in [2.05, 4.69) is 6.58 Å². The minimum absolute atomic E-state index is 0.110. The van der Waals surface area contributed by atoms with E-state index in [4.69, 9.17) is 23.7 Å². The van der Waals surface area contributed by atoms with E-state index in [-0.39, 0.29) is 31.0 Å². The topological polar surface area (TPSA) is 83.5 Å². The van der Waals surface area contributed by atoms with Crippen molar-refractivity contribution in [3.63, 3.8) is 0 Å². The van der Waals surface area contributed by atoms with E-state index in [1.54, 1.807) is 42.5 Å². The lowest BCUT2D eigenvalue weighted by atomic mass is 9.87. The van der Waals surface area contributed by atoms with Crippen LogP contribution in [0.15, 0.2) is 85.0 Å². The number of ether oxygens (including phenoxy) is 5. The van der Waals surface area contributed by atoms with Crippen molar-refractivity contribution in [3.8, 4) is 23.0 Å². The van der Waals surface area contributed by atoms with E-state index in [9.17, 15) is 9.90 Å². The van der Waals surface area contributed by atoms with Crippen molar-refractivity contribution >= 4 is 11.5 Å². The number of carbonyl (C=O) groups is 1. The van der Waals surface area contributed by atoms with Crippen molar-refractivity contribution in [1.29, 1.82) is 0 Å². The molecule has 7 nitrogen and oxygen atoms in total. The van der Waals surface area contributed by atoms with Crippen LogP contribution in [0.2, 0.25) is 0 Å². The Morgan fingerprint density at radius 1 is 1.06 bits per heavy atom. The molecule has 7 heteroatoms. The Balaban J connectivity index is 1.69. The number of benzene rings is 3. The van der Waals surface area contributed by atoms with Gasteiger partial charge in [-0.25, -0.2) is 4.79 Å². The third-order valence-electron chi connectivity index (χ3n) is 5.95. The summed E-state index contributed by atoms with van der Waals surface area (Å²) in [5.41, 5.74) is 2.40. The third kappa shape index (κ3) is 4.11. The number of aliphatic hydroxyl groups is 1. The number of esters is 1. The first-order valence-corrected chi connectivity index (χ1v) is 11.1. The van der Waals surface area contributed by atoms with Crippen LogP contribution in [0.4, 0.5) is 0 Å². The predicted octanol–water partition coefficient (Wildman–Crippen LogP) is 4.39. The Labute approximate surface area is 202 Å². The van der Waals surface area contributed by atoms with Crippen molar-refractivity contribution < 1.29 is 33.6 Å². The fraction of sp³-hybridized carbons (Fsp3) is 0.179. The number of carbonyl (C=O) groups excluding carboxylic acids is 1. The van der Waals surface area contributed by atoms with Gasteiger partial charge >= 0.3 is 5.97 Å². The molecule has 1 N–H and O–H groups in total. The van der Waals surface area contributed by atoms with Crippen LogP contribution in [0.1, 0.15) is 16.7 Å². The summed E-state index contributed by atoms with van der Waals surface area (Å²) in [7, 11) is 1.54. The van der Waals surface area contributed by atoms with Crippen LogP contribution in [0, 0.1) is 0 Å². The van der Waals surface area contributed by atoms with Gasteiger partial charge in [0, 0.05) is 18.1 Å². The highest BCUT2D eigenvalue weighted by Crippen LogP contribution is 2.49. The highest BCUT2D eigenvalue weighted by molar-refractivity contribution is 6.20. The Bertz CT molecular complexity index is 1310. The van der Waals surface area contributed by atoms with E-state index in [1.807, 2.05) is 30.3 Å². The Hall–Kier alpha value is -4.23. The molecule has 0 fully saturated rings. The molecule has 178 valence electrons. The van der Waals surface area contributed by atoms with Crippen LogP contribution >= 0.6 is 0 Å². The van der Waals surface area contributed by atoms with E-state index in [0.29, 0.717) is 34.1 Å². The van der Waals surface area contributed by atoms with Crippen LogP contribution in [-0.4, -0.2) is 31.6 Å². The van der Waals surface area contributed by atoms with Crippen molar-refractivity contribution in [2.45, 2.75) is 12.2 Å². The number of hydrogen-bond donors (Lipinski definition) is 1. The van der Waals surface area contributed by atoms with Gasteiger partial charge in [-0.15, -0.1) is 0 Å². The number of fused-ring (bicyclic) bond motifs is 1. The van der Waals surface area contributed by atoms with Crippen LogP contribution in [0.3, 0.4) is 0 Å². The standard InChI is InChI=1S/C28H24O7/c1-3-13-32-24-16-20(31-2)10-11-21(24)28(30)22(14-18-7-5-4-6-8-18)26(27(29)35-28)19-9-12-23-25(15-19)34-17-33-23/h3-12,15-16,30H,1,13-14,17H2,2H3. The molecular weight excluding hydrogens is 448 g/mol. The lowest BCUT2D eigenvalue weighted by Gasteiger charge is -2.28. The summed E-state index contributed by atoms with van der Waals surface area (Å²) in [6.07, 6.45) is 1.85. The van der Waals surface area contributed by atoms with E-state index >= 15 is 0 Å². The highest BCUT2D eigenvalue weighted by Gasteiger charge is 2.49. The molecule has 0 aromatic heterocycles. The molecule has 3 aromatic rings. The lowest BCUT2D eigenvalue weighted by molar-refractivity contribution is -0.185. The predicted molar refractivity (Wildman–Crippen MR) is 128 cm³/mol. The quantitative estimate of drug-likeness (QED) is 0.385. The van der Waals surface area contributed by atoms with Crippen molar-refractivity contribution in [2.75, 3.05) is 20.5 Å². The maximum Gasteiger partial charge on any atom is 0.342 e. The molecule has 3 aromatic carbocycles. The highest BCUT2D eigenvalue weighted by atomic mass is 16.7. The van der Waals surface area contributed by atoms with Gasteiger partial charge in [0.05, 0.1) is 18.2 Å². The van der Waals surface area contributed by atoms with Crippen LogP contribution in [0.5, 0.6) is 23.0 Å². The second-order valence-corrected chi connectivity index (χ2v) is 8.08. The fourth-order valence-corrected chi connectivity index (χ4v) is 4.29. The third-order valence-corrected chi connectivity index (χ3v) is 5.95. The lowest BCUT2D eigenvalue weighted by Crippen LogP contribution is -2.30. The summed E-state index contributed by atoms with van der Waals surface area (Å²) < 4.78 is 27.8. The summed E-state index contributed by atoms with van der Waals surface area (Å²) in [6.45, 7) is 3.99. The SMILES string of the molecule is C=CCOc1cc(OC)ccc1C1(O)OC(=O)C(c2ccc3c(c2)OCO3)=C1Cc1ccccc1. The Morgan fingerprint density at radius 3 is 2.63 bits per heavy atom. The molecule has 5 rings (SSSR count). The van der Waals surface area contributed by atoms with Gasteiger partial charge in [0.25, 0.3) is 5.79 Å². The summed E-state index contributed by atoms with van der Waals surface area (Å²) in [5.74, 6) is -0.751. The van der Waals surface area contributed by atoms with E-state index in [1.165, 1.54) is 7.11 Å². The smallest absolute Gasteiger partial charge is 0.342 e. The molecule has 2 aliphatic heterocycles. The summed E-state index contributed by atoms with van der Waals surface area (Å²) in [6, 6.07) is 19.7. The maximum absolute atomic E-state index is 13.3. The maximum atomic E-state index is 13.3. The minimum Gasteiger partial charge on any atom is -0.497 e. The molecule has 0 saturated carbocycles. The summed E-state index contributed by atoms with van der Waals surface area (Å²) in [5, 5.41) is 12.0. The van der Waals surface area contributed by atoms with Gasteiger partial charge in [-0.1, -0.05) is 49.1 Å². The number of rotatable bonds is 8. The number of methoxy groups -OCH3 is 1. The summed E-state index contributed by atoms with van der Waals surface area (Å²) in [4.78, 5) is 13.3. The molecule has 0 aliphatic carbocycles. The molecule has 0 spiro atoms. The second kappa shape index (κ2) is 9.19. The molecule has 0 amide bonds. The van der Waals surface area contributed by atoms with Crippen LogP contribution in [-0.2, 0) is 21.7 Å². The van der Waals surface area contributed by atoms with Crippen LogP contribution in [0.25, 0.3) is 5.57 Å². The van der Waals surface area contributed by atoms with Crippen molar-refractivity contribution in [3.05, 3.63) is 102 Å². The van der Waals surface area contributed by atoms with Gasteiger partial charge in [0.1, 0.15) is 18.1 Å². The molecule has 1 atom stereocenters. The first-order valence-electron chi connectivity index (χ1n) is 11.1. The molecule has 2 heterocycles. The second-order valence-electron chi connectivity index (χ2n) is 8.08. The van der Waals surface area contributed by atoms with Crippen molar-refractivity contribution in [1.82, 2.24) is 0 Å². The molecular formula is C28H24O7. The monoisotopic (exact) mass is 472 g/mol. The number of hydrogen-bond acceptors (Lipinski definition) is 7. The Kier molecular flexibility index (Phi) is 5.93. The summed E-state index contributed by atoms with van der Waals surface area (Å²) >= 11 is 0. The largest absolute Gasteiger partial charge is 0.497 e. The molecule has 0 saturated heterocycles. The minimum atomic E-state index is -2.07. The van der Waals surface area contributed by atoms with Gasteiger partial charge < -0.3 is 28.8 Å². The van der Waals surface area contributed by atoms with Gasteiger partial charge in [0.15, 0.2) is 11.5 Å². The molecule has 35 heavy (non-hydrogen) atoms. The average Bonchev–Trinajstić information content (AvgIpc) is 3.44.